The van der Waals surface area contributed by atoms with E-state index in [9.17, 15) is 14.4 Å². The summed E-state index contributed by atoms with van der Waals surface area (Å²) in [6, 6.07) is 16.6. The molecule has 2 rings (SSSR count). The molecule has 0 aliphatic carbocycles. The Morgan fingerprint density at radius 1 is 0.914 bits per heavy atom. The maximum Gasteiger partial charge on any atom is 0.306 e. The van der Waals surface area contributed by atoms with Crippen LogP contribution in [0, 0.1) is 5.92 Å². The molecule has 0 bridgehead atoms. The smallest absolute Gasteiger partial charge is 0.306 e. The van der Waals surface area contributed by atoms with Gasteiger partial charge in [-0.3, -0.25) is 25.2 Å². The highest BCUT2D eigenvalue weighted by Gasteiger charge is 2.11. The van der Waals surface area contributed by atoms with Gasteiger partial charge in [-0.2, -0.15) is 0 Å². The summed E-state index contributed by atoms with van der Waals surface area (Å²) in [7, 11) is 0. The Kier molecular flexibility index (Phi) is 12.3. The van der Waals surface area contributed by atoms with Crippen molar-refractivity contribution in [3.8, 4) is 5.75 Å². The fourth-order valence-electron chi connectivity index (χ4n) is 2.92. The van der Waals surface area contributed by atoms with Gasteiger partial charge in [0.2, 0.25) is 5.91 Å². The van der Waals surface area contributed by atoms with Crippen LogP contribution in [0.25, 0.3) is 0 Å². The number of esters is 1. The average molecular weight is 500 g/mol. The molecule has 0 spiro atoms. The van der Waals surface area contributed by atoms with E-state index in [4.69, 9.17) is 21.7 Å². The van der Waals surface area contributed by atoms with E-state index in [-0.39, 0.29) is 18.0 Å². The third-order valence-electron chi connectivity index (χ3n) is 4.89. The summed E-state index contributed by atoms with van der Waals surface area (Å²) in [6.07, 6.45) is 2.34. The Bertz CT molecular complexity index is 965. The van der Waals surface area contributed by atoms with Crippen LogP contribution in [0.1, 0.15) is 55.5 Å². The number of hydrazine groups is 1. The van der Waals surface area contributed by atoms with Gasteiger partial charge in [0.15, 0.2) is 5.11 Å². The van der Waals surface area contributed by atoms with Crippen LogP contribution in [0.5, 0.6) is 5.75 Å². The Hall–Kier alpha value is -3.46. The maximum absolute atomic E-state index is 12.2. The van der Waals surface area contributed by atoms with E-state index >= 15 is 0 Å². The summed E-state index contributed by atoms with van der Waals surface area (Å²) in [5.41, 5.74) is 6.47. The third kappa shape index (κ3) is 12.0. The Balaban J connectivity index is 1.58. The molecule has 0 saturated heterocycles. The monoisotopic (exact) mass is 499 g/mol. The molecule has 0 unspecified atom stereocenters. The van der Waals surface area contributed by atoms with E-state index < -0.39 is 17.8 Å². The minimum atomic E-state index is -0.458. The van der Waals surface area contributed by atoms with Gasteiger partial charge in [-0.05, 0) is 67.2 Å². The minimum absolute atomic E-state index is 0.0578. The molecular weight excluding hydrogens is 466 g/mol. The van der Waals surface area contributed by atoms with E-state index in [1.54, 1.807) is 24.3 Å². The van der Waals surface area contributed by atoms with Crippen molar-refractivity contribution in [1.29, 1.82) is 0 Å². The lowest BCUT2D eigenvalue weighted by molar-refractivity contribution is -0.145. The summed E-state index contributed by atoms with van der Waals surface area (Å²) in [5.74, 6) is -0.0839. The van der Waals surface area contributed by atoms with E-state index in [1.165, 1.54) is 5.56 Å². The van der Waals surface area contributed by atoms with Crippen molar-refractivity contribution in [1.82, 2.24) is 16.2 Å². The lowest BCUT2D eigenvalue weighted by Crippen LogP contribution is -2.48. The molecule has 0 aliphatic rings. The molecule has 0 atom stereocenters. The van der Waals surface area contributed by atoms with Crippen LogP contribution < -0.4 is 20.9 Å². The molecule has 2 aromatic carbocycles. The summed E-state index contributed by atoms with van der Waals surface area (Å²) in [4.78, 5) is 36.0. The Labute approximate surface area is 211 Å². The van der Waals surface area contributed by atoms with Crippen LogP contribution in [0.3, 0.4) is 0 Å². The summed E-state index contributed by atoms with van der Waals surface area (Å²) < 4.78 is 10.8. The normalized spacial score (nSPS) is 10.4. The van der Waals surface area contributed by atoms with E-state index in [1.807, 2.05) is 30.3 Å². The van der Waals surface area contributed by atoms with Crippen molar-refractivity contribution in [2.24, 2.45) is 5.92 Å². The van der Waals surface area contributed by atoms with Crippen LogP contribution in [-0.2, 0) is 20.7 Å². The zero-order valence-corrected chi connectivity index (χ0v) is 21.0. The molecule has 0 saturated carbocycles. The third-order valence-corrected chi connectivity index (χ3v) is 5.10. The molecule has 0 fully saturated rings. The predicted molar refractivity (Wildman–Crippen MR) is 138 cm³/mol. The van der Waals surface area contributed by atoms with E-state index in [2.05, 4.69) is 30.0 Å². The molecule has 0 aliphatic heterocycles. The SMILES string of the molecule is CC(C)CCOc1ccc(C(=O)NNC(=S)NC(=O)CCC(=O)OCCCc2ccccc2)cc1. The maximum atomic E-state index is 12.2. The second-order valence-electron chi connectivity index (χ2n) is 8.32. The highest BCUT2D eigenvalue weighted by atomic mass is 32.1. The molecule has 0 aromatic heterocycles. The first-order valence-corrected chi connectivity index (χ1v) is 12.1. The van der Waals surface area contributed by atoms with Crippen molar-refractivity contribution in [3.05, 3.63) is 65.7 Å². The molecule has 2 aromatic rings. The standard InChI is InChI=1S/C26H33N3O5S/c1-19(2)16-18-33-22-12-10-21(11-13-22)25(32)28-29-26(35)27-23(30)14-15-24(31)34-17-6-9-20-7-4-3-5-8-20/h3-5,7-8,10-13,19H,6,9,14-18H2,1-2H3,(H,28,32)(H2,27,29,30,35). The van der Waals surface area contributed by atoms with Crippen molar-refractivity contribution in [2.45, 2.75) is 46.0 Å². The number of benzene rings is 2. The summed E-state index contributed by atoms with van der Waals surface area (Å²) in [6.45, 7) is 5.16. The zero-order valence-electron chi connectivity index (χ0n) is 20.2. The van der Waals surface area contributed by atoms with Gasteiger partial charge in [0.05, 0.1) is 19.6 Å². The number of hydrogen-bond acceptors (Lipinski definition) is 6. The van der Waals surface area contributed by atoms with Gasteiger partial charge in [-0.1, -0.05) is 44.2 Å². The first kappa shape index (κ1) is 27.8. The van der Waals surface area contributed by atoms with Gasteiger partial charge in [0.1, 0.15) is 5.75 Å². The lowest BCUT2D eigenvalue weighted by Gasteiger charge is -2.11. The first-order valence-electron chi connectivity index (χ1n) is 11.7. The molecule has 3 N–H and O–H groups in total. The lowest BCUT2D eigenvalue weighted by atomic mass is 10.1. The van der Waals surface area contributed by atoms with E-state index in [0.717, 1.165) is 12.8 Å². The van der Waals surface area contributed by atoms with Crippen LogP contribution in [0.4, 0.5) is 0 Å². The number of carbonyl (C=O) groups is 3. The van der Waals surface area contributed by atoms with E-state index in [0.29, 0.717) is 36.9 Å². The quantitative estimate of drug-likeness (QED) is 0.177. The molecule has 2 amide bonds. The fourth-order valence-corrected chi connectivity index (χ4v) is 3.08. The van der Waals surface area contributed by atoms with Gasteiger partial charge in [-0.15, -0.1) is 0 Å². The highest BCUT2D eigenvalue weighted by molar-refractivity contribution is 7.80. The van der Waals surface area contributed by atoms with Crippen molar-refractivity contribution < 1.29 is 23.9 Å². The second kappa shape index (κ2) is 15.4. The molecule has 0 radical (unpaired) electrons. The molecule has 0 heterocycles. The minimum Gasteiger partial charge on any atom is -0.494 e. The molecule has 9 heteroatoms. The first-order chi connectivity index (χ1) is 16.8. The molecule has 8 nitrogen and oxygen atoms in total. The van der Waals surface area contributed by atoms with Crippen LogP contribution in [0.2, 0.25) is 0 Å². The number of hydrogen-bond donors (Lipinski definition) is 3. The summed E-state index contributed by atoms with van der Waals surface area (Å²) in [5, 5.41) is 2.34. The van der Waals surface area contributed by atoms with Crippen molar-refractivity contribution in [2.75, 3.05) is 13.2 Å². The van der Waals surface area contributed by atoms with Crippen LogP contribution >= 0.6 is 12.2 Å². The Morgan fingerprint density at radius 3 is 2.31 bits per heavy atom. The Morgan fingerprint density at radius 2 is 1.63 bits per heavy atom. The number of aryl methyl sites for hydroxylation is 1. The fraction of sp³-hybridized carbons (Fsp3) is 0.385. The number of amides is 2. The van der Waals surface area contributed by atoms with Crippen LogP contribution in [-0.4, -0.2) is 36.1 Å². The largest absolute Gasteiger partial charge is 0.494 e. The topological polar surface area (TPSA) is 106 Å². The number of thiocarbonyl (C=S) groups is 1. The van der Waals surface area contributed by atoms with Gasteiger partial charge in [-0.25, -0.2) is 0 Å². The van der Waals surface area contributed by atoms with Gasteiger partial charge < -0.3 is 14.8 Å². The van der Waals surface area contributed by atoms with Gasteiger partial charge in [0.25, 0.3) is 5.91 Å². The molecular formula is C26H33N3O5S. The number of carbonyl (C=O) groups excluding carboxylic acids is 3. The van der Waals surface area contributed by atoms with Crippen molar-refractivity contribution in [3.63, 3.8) is 0 Å². The van der Waals surface area contributed by atoms with Crippen LogP contribution in [0.15, 0.2) is 54.6 Å². The zero-order chi connectivity index (χ0) is 25.5. The summed E-state index contributed by atoms with van der Waals surface area (Å²) >= 11 is 5.01. The number of nitrogens with one attached hydrogen (secondary N) is 3. The molecule has 35 heavy (non-hydrogen) atoms. The predicted octanol–water partition coefficient (Wildman–Crippen LogP) is 3.70. The van der Waals surface area contributed by atoms with Gasteiger partial charge in [0, 0.05) is 12.0 Å². The second-order valence-corrected chi connectivity index (χ2v) is 8.73. The highest BCUT2D eigenvalue weighted by Crippen LogP contribution is 2.13. The number of ether oxygens (including phenoxy) is 2. The average Bonchev–Trinajstić information content (AvgIpc) is 2.85. The number of rotatable bonds is 12. The molecule has 188 valence electrons. The van der Waals surface area contributed by atoms with Crippen molar-refractivity contribution >= 4 is 35.1 Å². The van der Waals surface area contributed by atoms with Gasteiger partial charge >= 0.3 is 5.97 Å².